The number of hydrogen-bond acceptors (Lipinski definition) is 6. The number of nitrogens with one attached hydrogen (secondary N) is 1. The summed E-state index contributed by atoms with van der Waals surface area (Å²) in [4.78, 5) is 20.8. The quantitative estimate of drug-likeness (QED) is 0.499. The third-order valence-corrected chi connectivity index (χ3v) is 6.19. The van der Waals surface area contributed by atoms with Gasteiger partial charge in [-0.1, -0.05) is 13.0 Å². The maximum Gasteiger partial charge on any atom is 0.274 e. The molecule has 0 bridgehead atoms. The summed E-state index contributed by atoms with van der Waals surface area (Å²) in [5, 5.41) is 23.7. The fourth-order valence-electron chi connectivity index (χ4n) is 4.20. The number of aliphatic hydroxyl groups is 2. The van der Waals surface area contributed by atoms with Crippen LogP contribution in [0.5, 0.6) is 0 Å². The average Bonchev–Trinajstić information content (AvgIpc) is 2.82. The minimum Gasteiger partial charge on any atom is -0.390 e. The van der Waals surface area contributed by atoms with Crippen molar-refractivity contribution in [2.24, 2.45) is 0 Å². The number of ether oxygens (including phenoxy) is 1. The lowest BCUT2D eigenvalue weighted by Crippen LogP contribution is -2.55. The minimum atomic E-state index is -1.43. The third kappa shape index (κ3) is 4.77. The molecule has 4 atom stereocenters. The molecule has 2 aromatic heterocycles. The molecule has 35 heavy (non-hydrogen) atoms. The lowest BCUT2D eigenvalue weighted by atomic mass is 9.83. The van der Waals surface area contributed by atoms with Gasteiger partial charge in [0, 0.05) is 18.2 Å². The van der Waals surface area contributed by atoms with Crippen LogP contribution in [0.4, 0.5) is 18.9 Å². The van der Waals surface area contributed by atoms with Crippen LogP contribution in [0.3, 0.4) is 0 Å². The molecule has 10 heteroatoms. The Hall–Kier alpha value is -3.34. The van der Waals surface area contributed by atoms with Crippen molar-refractivity contribution in [2.75, 3.05) is 5.32 Å². The van der Waals surface area contributed by atoms with Gasteiger partial charge in [0.05, 0.1) is 35.8 Å². The van der Waals surface area contributed by atoms with E-state index < -0.39 is 58.5 Å². The van der Waals surface area contributed by atoms with E-state index in [-0.39, 0.29) is 17.8 Å². The van der Waals surface area contributed by atoms with Crippen molar-refractivity contribution in [3.63, 3.8) is 0 Å². The van der Waals surface area contributed by atoms with Gasteiger partial charge in [0.2, 0.25) is 0 Å². The predicted molar refractivity (Wildman–Crippen MR) is 121 cm³/mol. The van der Waals surface area contributed by atoms with E-state index in [9.17, 15) is 28.2 Å². The molecule has 3 heterocycles. The van der Waals surface area contributed by atoms with Gasteiger partial charge >= 0.3 is 0 Å². The van der Waals surface area contributed by atoms with Crippen LogP contribution in [0.2, 0.25) is 0 Å². The Morgan fingerprint density at radius 3 is 2.57 bits per heavy atom. The Balaban J connectivity index is 1.63. The molecule has 0 spiro atoms. The number of benzene rings is 1. The third-order valence-electron chi connectivity index (χ3n) is 6.19. The first-order valence-electron chi connectivity index (χ1n) is 11.1. The van der Waals surface area contributed by atoms with E-state index in [1.807, 2.05) is 6.92 Å². The minimum absolute atomic E-state index is 0.0713. The van der Waals surface area contributed by atoms with Crippen molar-refractivity contribution in [1.82, 2.24) is 9.97 Å². The summed E-state index contributed by atoms with van der Waals surface area (Å²) in [6.07, 6.45) is 1.01. The largest absolute Gasteiger partial charge is 0.390 e. The van der Waals surface area contributed by atoms with E-state index in [1.54, 1.807) is 6.07 Å². The van der Waals surface area contributed by atoms with E-state index in [2.05, 4.69) is 15.3 Å². The summed E-state index contributed by atoms with van der Waals surface area (Å²) in [7, 11) is 0. The second kappa shape index (κ2) is 9.73. The molecule has 0 radical (unpaired) electrons. The smallest absolute Gasteiger partial charge is 0.274 e. The molecule has 184 valence electrons. The number of aromatic nitrogens is 2. The van der Waals surface area contributed by atoms with Gasteiger partial charge in [-0.25, -0.2) is 18.2 Å². The topological polar surface area (TPSA) is 105 Å². The summed E-state index contributed by atoms with van der Waals surface area (Å²) in [5.74, 6) is -3.79. The fraction of sp³-hybridized carbons (Fsp3) is 0.320. The Bertz CT molecular complexity index is 1230. The zero-order chi connectivity index (χ0) is 25.3. The van der Waals surface area contributed by atoms with Gasteiger partial charge in [-0.2, -0.15) is 0 Å². The monoisotopic (exact) mass is 487 g/mol. The van der Waals surface area contributed by atoms with Gasteiger partial charge in [-0.05, 0) is 43.7 Å². The first kappa shape index (κ1) is 24.8. The molecular formula is C25H24F3N3O4. The molecule has 1 amide bonds. The molecule has 1 aromatic carbocycles. The van der Waals surface area contributed by atoms with Crippen molar-refractivity contribution in [2.45, 2.75) is 50.6 Å². The first-order chi connectivity index (χ1) is 16.6. The second-order valence-electron chi connectivity index (χ2n) is 8.54. The molecule has 7 nitrogen and oxygen atoms in total. The van der Waals surface area contributed by atoms with Crippen LogP contribution in [-0.4, -0.2) is 43.9 Å². The number of halogens is 3. The van der Waals surface area contributed by atoms with Crippen molar-refractivity contribution >= 4 is 11.6 Å². The lowest BCUT2D eigenvalue weighted by molar-refractivity contribution is -0.221. The molecule has 3 aromatic rings. The van der Waals surface area contributed by atoms with Crippen LogP contribution in [0.25, 0.3) is 11.3 Å². The molecule has 0 unspecified atom stereocenters. The Morgan fingerprint density at radius 1 is 1.17 bits per heavy atom. The van der Waals surface area contributed by atoms with Crippen LogP contribution in [0.15, 0.2) is 48.8 Å². The molecule has 0 saturated carbocycles. The standard InChI is InChI=1S/C25H24F3N3O4/c1-3-21-25(2,34)20(32)11-19(35-21)13-9-10-29-12-18(13)31-24(33)17-8-7-16(28)23(30-17)22-14(26)5-4-6-15(22)27/h4-10,12,19-21,32,34H,3,11H2,1-2H3,(H,31,33)/t19-,20-,21-,25+/m0/s1. The number of aliphatic hydroxyl groups excluding tert-OH is 1. The highest BCUT2D eigenvalue weighted by molar-refractivity contribution is 6.03. The highest BCUT2D eigenvalue weighted by atomic mass is 19.1. The van der Waals surface area contributed by atoms with Crippen molar-refractivity contribution in [1.29, 1.82) is 0 Å². The van der Waals surface area contributed by atoms with E-state index >= 15 is 0 Å². The zero-order valence-electron chi connectivity index (χ0n) is 19.0. The SMILES string of the molecule is CC[C@@H]1O[C@H](c2ccncc2NC(=O)c2ccc(F)c(-c3c(F)cccc3F)n2)C[C@H](O)[C@@]1(C)O. The lowest BCUT2D eigenvalue weighted by Gasteiger charge is -2.44. The van der Waals surface area contributed by atoms with Crippen LogP contribution in [0.1, 0.15) is 48.8 Å². The summed E-state index contributed by atoms with van der Waals surface area (Å²) < 4.78 is 48.8. The van der Waals surface area contributed by atoms with E-state index in [4.69, 9.17) is 4.74 Å². The summed E-state index contributed by atoms with van der Waals surface area (Å²) in [6, 6.07) is 6.68. The molecule has 1 fully saturated rings. The Kier molecular flexibility index (Phi) is 6.88. The van der Waals surface area contributed by atoms with Crippen LogP contribution >= 0.6 is 0 Å². The predicted octanol–water partition coefficient (Wildman–Crippen LogP) is 4.17. The van der Waals surface area contributed by atoms with Gasteiger partial charge in [-0.3, -0.25) is 9.78 Å². The van der Waals surface area contributed by atoms with Crippen LogP contribution < -0.4 is 5.32 Å². The van der Waals surface area contributed by atoms with Crippen molar-refractivity contribution in [3.8, 4) is 11.3 Å². The molecule has 1 saturated heterocycles. The molecule has 1 aliphatic heterocycles. The first-order valence-corrected chi connectivity index (χ1v) is 11.1. The van der Waals surface area contributed by atoms with Gasteiger partial charge in [0.15, 0.2) is 0 Å². The van der Waals surface area contributed by atoms with Gasteiger partial charge in [0.1, 0.15) is 34.4 Å². The Morgan fingerprint density at radius 2 is 1.89 bits per heavy atom. The summed E-state index contributed by atoms with van der Waals surface area (Å²) in [6.45, 7) is 3.33. The number of carbonyl (C=O) groups is 1. The number of hydrogen-bond donors (Lipinski definition) is 3. The molecule has 3 N–H and O–H groups in total. The van der Waals surface area contributed by atoms with Crippen LogP contribution in [-0.2, 0) is 4.74 Å². The number of pyridine rings is 2. The fourth-order valence-corrected chi connectivity index (χ4v) is 4.20. The normalized spacial score (nSPS) is 24.3. The maximum atomic E-state index is 14.4. The summed E-state index contributed by atoms with van der Waals surface area (Å²) >= 11 is 0. The number of carbonyl (C=O) groups excluding carboxylic acids is 1. The molecular weight excluding hydrogens is 463 g/mol. The van der Waals surface area contributed by atoms with Gasteiger partial charge < -0.3 is 20.3 Å². The van der Waals surface area contributed by atoms with Crippen molar-refractivity contribution < 1.29 is 32.9 Å². The Labute approximate surface area is 199 Å². The van der Waals surface area contributed by atoms with Gasteiger partial charge in [0.25, 0.3) is 5.91 Å². The van der Waals surface area contributed by atoms with E-state index in [1.165, 1.54) is 19.3 Å². The van der Waals surface area contributed by atoms with E-state index in [0.717, 1.165) is 30.3 Å². The van der Waals surface area contributed by atoms with E-state index in [0.29, 0.717) is 12.0 Å². The van der Waals surface area contributed by atoms with Crippen LogP contribution in [0, 0.1) is 17.5 Å². The number of amides is 1. The number of rotatable bonds is 5. The number of nitrogens with zero attached hydrogens (tertiary/aromatic N) is 2. The molecule has 0 aliphatic carbocycles. The highest BCUT2D eigenvalue weighted by Gasteiger charge is 2.46. The second-order valence-corrected chi connectivity index (χ2v) is 8.54. The molecule has 4 rings (SSSR count). The van der Waals surface area contributed by atoms with Gasteiger partial charge in [-0.15, -0.1) is 0 Å². The average molecular weight is 487 g/mol. The maximum absolute atomic E-state index is 14.4. The number of anilines is 1. The molecule has 1 aliphatic rings. The summed E-state index contributed by atoms with van der Waals surface area (Å²) in [5.41, 5.74) is -2.27. The zero-order valence-corrected chi connectivity index (χ0v) is 19.0. The van der Waals surface area contributed by atoms with Crippen molar-refractivity contribution in [3.05, 3.63) is 77.5 Å². The highest BCUT2D eigenvalue weighted by Crippen LogP contribution is 2.40.